The SMILES string of the molecule is CC(C)(C)OC(=O)NC1=CC(C)(C(=N)OCC(=O)O)C1. The zero-order valence-electron chi connectivity index (χ0n) is 12.1. The normalized spacial score (nSPS) is 21.3. The Balaban J connectivity index is 2.49. The van der Waals surface area contributed by atoms with Gasteiger partial charge in [0.15, 0.2) is 12.5 Å². The van der Waals surface area contributed by atoms with Gasteiger partial charge in [-0.3, -0.25) is 10.7 Å². The molecule has 7 nitrogen and oxygen atoms in total. The monoisotopic (exact) mass is 284 g/mol. The smallest absolute Gasteiger partial charge is 0.411 e. The van der Waals surface area contributed by atoms with Gasteiger partial charge in [-0.25, -0.2) is 9.59 Å². The van der Waals surface area contributed by atoms with Crippen LogP contribution >= 0.6 is 0 Å². The van der Waals surface area contributed by atoms with Crippen molar-refractivity contribution in [1.82, 2.24) is 5.32 Å². The third-order valence-corrected chi connectivity index (χ3v) is 2.57. The van der Waals surface area contributed by atoms with Gasteiger partial charge < -0.3 is 14.6 Å². The predicted molar refractivity (Wildman–Crippen MR) is 71.5 cm³/mol. The Kier molecular flexibility index (Phi) is 4.42. The van der Waals surface area contributed by atoms with Crippen molar-refractivity contribution in [2.24, 2.45) is 5.41 Å². The fraction of sp³-hybridized carbons (Fsp3) is 0.615. The highest BCUT2D eigenvalue weighted by molar-refractivity contribution is 5.86. The molecule has 0 aromatic rings. The number of carbonyl (C=O) groups excluding carboxylic acids is 1. The quantitative estimate of drug-likeness (QED) is 0.539. The molecular weight excluding hydrogens is 264 g/mol. The lowest BCUT2D eigenvalue weighted by Crippen LogP contribution is -2.41. The number of aliphatic carboxylic acids is 1. The zero-order valence-corrected chi connectivity index (χ0v) is 12.1. The maximum atomic E-state index is 11.5. The molecule has 0 heterocycles. The van der Waals surface area contributed by atoms with E-state index in [1.165, 1.54) is 0 Å². The maximum absolute atomic E-state index is 11.5. The van der Waals surface area contributed by atoms with Gasteiger partial charge in [0.25, 0.3) is 0 Å². The van der Waals surface area contributed by atoms with E-state index in [1.807, 2.05) is 0 Å². The van der Waals surface area contributed by atoms with E-state index in [4.69, 9.17) is 20.0 Å². The molecule has 3 N–H and O–H groups in total. The summed E-state index contributed by atoms with van der Waals surface area (Å²) in [5, 5.41) is 18.7. The third-order valence-electron chi connectivity index (χ3n) is 2.57. The van der Waals surface area contributed by atoms with Crippen molar-refractivity contribution in [2.75, 3.05) is 6.61 Å². The molecule has 7 heteroatoms. The molecule has 0 spiro atoms. The van der Waals surface area contributed by atoms with Crippen LogP contribution in [0, 0.1) is 10.8 Å². The third kappa shape index (κ3) is 4.56. The summed E-state index contributed by atoms with van der Waals surface area (Å²) in [6.45, 7) is 6.48. The summed E-state index contributed by atoms with van der Waals surface area (Å²) >= 11 is 0. The first-order valence-electron chi connectivity index (χ1n) is 6.17. The van der Waals surface area contributed by atoms with E-state index >= 15 is 0 Å². The number of alkyl carbamates (subject to hydrolysis) is 1. The summed E-state index contributed by atoms with van der Waals surface area (Å²) in [4.78, 5) is 21.9. The minimum Gasteiger partial charge on any atom is -0.479 e. The molecule has 0 saturated carbocycles. The first-order valence-corrected chi connectivity index (χ1v) is 6.17. The van der Waals surface area contributed by atoms with Crippen LogP contribution in [0.4, 0.5) is 4.79 Å². The molecular formula is C13H20N2O5. The highest BCUT2D eigenvalue weighted by Crippen LogP contribution is 2.38. The van der Waals surface area contributed by atoms with Gasteiger partial charge in [-0.1, -0.05) is 0 Å². The van der Waals surface area contributed by atoms with Gasteiger partial charge in [0.05, 0.1) is 5.41 Å². The van der Waals surface area contributed by atoms with E-state index in [0.29, 0.717) is 12.1 Å². The van der Waals surface area contributed by atoms with Crippen LogP contribution in [0.1, 0.15) is 34.1 Å². The molecule has 0 radical (unpaired) electrons. The fourth-order valence-corrected chi connectivity index (χ4v) is 1.71. The van der Waals surface area contributed by atoms with Gasteiger partial charge in [0.1, 0.15) is 5.60 Å². The minimum absolute atomic E-state index is 0.130. The molecule has 1 atom stereocenters. The van der Waals surface area contributed by atoms with Gasteiger partial charge in [-0.2, -0.15) is 0 Å². The van der Waals surface area contributed by atoms with E-state index in [9.17, 15) is 9.59 Å². The van der Waals surface area contributed by atoms with Crippen molar-refractivity contribution in [3.63, 3.8) is 0 Å². The van der Waals surface area contributed by atoms with Crippen LogP contribution < -0.4 is 5.32 Å². The number of carbonyl (C=O) groups is 2. The Hall–Kier alpha value is -2.05. The van der Waals surface area contributed by atoms with Crippen molar-refractivity contribution in [2.45, 2.75) is 39.7 Å². The molecule has 0 saturated heterocycles. The summed E-state index contributed by atoms with van der Waals surface area (Å²) in [7, 11) is 0. The van der Waals surface area contributed by atoms with Crippen LogP contribution in [-0.2, 0) is 14.3 Å². The van der Waals surface area contributed by atoms with E-state index in [2.05, 4.69) is 5.32 Å². The second-order valence-corrected chi connectivity index (χ2v) is 5.90. The van der Waals surface area contributed by atoms with Crippen LogP contribution in [0.5, 0.6) is 0 Å². The van der Waals surface area contributed by atoms with Crippen LogP contribution in [0.2, 0.25) is 0 Å². The van der Waals surface area contributed by atoms with Crippen molar-refractivity contribution < 1.29 is 24.2 Å². The van der Waals surface area contributed by atoms with Gasteiger partial charge >= 0.3 is 12.1 Å². The second kappa shape index (κ2) is 5.52. The van der Waals surface area contributed by atoms with E-state index in [0.717, 1.165) is 0 Å². The average molecular weight is 284 g/mol. The topological polar surface area (TPSA) is 109 Å². The largest absolute Gasteiger partial charge is 0.479 e. The first-order chi connectivity index (χ1) is 9.02. The van der Waals surface area contributed by atoms with Gasteiger partial charge in [-0.15, -0.1) is 0 Å². The lowest BCUT2D eigenvalue weighted by atomic mass is 9.75. The van der Waals surface area contributed by atoms with Crippen molar-refractivity contribution in [3.8, 4) is 0 Å². The van der Waals surface area contributed by atoms with Crippen molar-refractivity contribution in [3.05, 3.63) is 11.8 Å². The Bertz CT molecular complexity index is 464. The number of carboxylic acids is 1. The summed E-state index contributed by atoms with van der Waals surface area (Å²) in [6.07, 6.45) is 1.50. The maximum Gasteiger partial charge on any atom is 0.411 e. The van der Waals surface area contributed by atoms with E-state index in [1.54, 1.807) is 33.8 Å². The Labute approximate surface area is 117 Å². The van der Waals surface area contributed by atoms with Gasteiger partial charge in [0, 0.05) is 12.1 Å². The molecule has 1 amide bonds. The van der Waals surface area contributed by atoms with Gasteiger partial charge in [-0.05, 0) is 33.8 Å². The van der Waals surface area contributed by atoms with E-state index < -0.39 is 29.7 Å². The molecule has 1 aliphatic carbocycles. The number of nitrogens with one attached hydrogen (secondary N) is 2. The molecule has 0 bridgehead atoms. The summed E-state index contributed by atoms with van der Waals surface area (Å²) < 4.78 is 9.94. The lowest BCUT2D eigenvalue weighted by molar-refractivity contribution is -0.139. The van der Waals surface area contributed by atoms with Crippen molar-refractivity contribution >= 4 is 18.0 Å². The Morgan fingerprint density at radius 3 is 2.50 bits per heavy atom. The lowest BCUT2D eigenvalue weighted by Gasteiger charge is -2.36. The molecule has 0 aliphatic heterocycles. The number of ether oxygens (including phenoxy) is 2. The summed E-state index contributed by atoms with van der Waals surface area (Å²) in [5.74, 6) is -1.26. The highest BCUT2D eigenvalue weighted by Gasteiger charge is 2.39. The van der Waals surface area contributed by atoms with Crippen LogP contribution in [-0.4, -0.2) is 35.3 Å². The molecule has 1 unspecified atom stereocenters. The van der Waals surface area contributed by atoms with Crippen LogP contribution in [0.3, 0.4) is 0 Å². The second-order valence-electron chi connectivity index (χ2n) is 5.90. The van der Waals surface area contributed by atoms with Gasteiger partial charge in [0.2, 0.25) is 0 Å². The number of rotatable bonds is 4. The molecule has 0 aromatic carbocycles. The van der Waals surface area contributed by atoms with Crippen molar-refractivity contribution in [1.29, 1.82) is 5.41 Å². The standard InChI is InChI=1S/C13H20N2O5/c1-12(2,3)20-11(18)15-8-5-13(4,6-8)10(14)19-7-9(16)17/h5,14H,6-7H2,1-4H3,(H,15,18)(H,16,17). The van der Waals surface area contributed by atoms with E-state index in [-0.39, 0.29) is 5.90 Å². The molecule has 1 rings (SSSR count). The molecule has 0 aromatic heterocycles. The Morgan fingerprint density at radius 1 is 1.50 bits per heavy atom. The number of hydrogen-bond donors (Lipinski definition) is 3. The zero-order chi connectivity index (χ0) is 15.6. The summed E-state index contributed by atoms with van der Waals surface area (Å²) in [5.41, 5.74) is -0.625. The van der Waals surface area contributed by atoms with Crippen LogP contribution in [0.25, 0.3) is 0 Å². The molecule has 1 aliphatic rings. The molecule has 112 valence electrons. The Morgan fingerprint density at radius 2 is 2.05 bits per heavy atom. The average Bonchev–Trinajstić information content (AvgIpc) is 2.20. The highest BCUT2D eigenvalue weighted by atomic mass is 16.6. The predicted octanol–water partition coefficient (Wildman–Crippen LogP) is 1.88. The number of carboxylic acid groups (broad SMARTS) is 1. The van der Waals surface area contributed by atoms with Crippen LogP contribution in [0.15, 0.2) is 11.8 Å². The first kappa shape index (κ1) is 16.0. The number of hydrogen-bond acceptors (Lipinski definition) is 5. The minimum atomic E-state index is -1.13. The molecule has 20 heavy (non-hydrogen) atoms. The molecule has 0 fully saturated rings. The fourth-order valence-electron chi connectivity index (χ4n) is 1.71. The summed E-state index contributed by atoms with van der Waals surface area (Å²) in [6, 6.07) is 0. The number of amides is 1. The number of allylic oxidation sites excluding steroid dienone is 1.